The zero-order valence-corrected chi connectivity index (χ0v) is 31.6. The van der Waals surface area contributed by atoms with Crippen molar-refractivity contribution in [1.29, 1.82) is 0 Å². The molecule has 0 saturated carbocycles. The molecule has 1 aliphatic rings. The van der Waals surface area contributed by atoms with Gasteiger partial charge >= 0.3 is 0 Å². The number of aliphatic hydroxyl groups excluding tert-OH is 1. The van der Waals surface area contributed by atoms with Crippen molar-refractivity contribution in [2.75, 3.05) is 19.6 Å². The van der Waals surface area contributed by atoms with Gasteiger partial charge in [0.05, 0.1) is 23.7 Å². The van der Waals surface area contributed by atoms with Gasteiger partial charge in [-0.1, -0.05) is 152 Å². The molecule has 0 radical (unpaired) electrons. The maximum absolute atomic E-state index is 12.8. The van der Waals surface area contributed by atoms with Gasteiger partial charge in [-0.25, -0.2) is 13.1 Å². The summed E-state index contributed by atoms with van der Waals surface area (Å²) in [5.74, 6) is 0.120. The number of hydrogen-bond acceptors (Lipinski definition) is 6. The molecule has 3 aromatic carbocycles. The highest BCUT2D eigenvalue weighted by Gasteiger charge is 2.39. The Labute approximate surface area is 302 Å². The Hall–Kier alpha value is -2.59. The van der Waals surface area contributed by atoms with Crippen molar-refractivity contribution in [3.8, 4) is 0 Å². The molecule has 1 aliphatic heterocycles. The highest BCUT2D eigenvalue weighted by molar-refractivity contribution is 7.89. The third kappa shape index (κ3) is 12.9. The lowest BCUT2D eigenvalue weighted by Gasteiger charge is -2.43. The molecule has 0 amide bonds. The standard InChI is InChI=1S/C42H62N2O5S/c1-4-6-8-10-12-17-29-44(30-18-13-11-9-7-5-2)32-40-34(3)41(37-25-23-36(33-45)24-26-37)49-42(48-40)38-27-21-35(22-28-38)31-43-50(46,47)39-19-15-14-16-20-39/h14-16,19-28,34,40-43,45H,4-13,17-18,29-33H2,1-3H3/t34-,40+,41+,42+/m0/s1. The molecule has 1 saturated heterocycles. The highest BCUT2D eigenvalue weighted by atomic mass is 32.2. The van der Waals surface area contributed by atoms with Crippen LogP contribution in [0.15, 0.2) is 83.8 Å². The molecule has 1 fully saturated rings. The zero-order valence-electron chi connectivity index (χ0n) is 30.8. The highest BCUT2D eigenvalue weighted by Crippen LogP contribution is 2.42. The van der Waals surface area contributed by atoms with Crippen LogP contribution in [0.4, 0.5) is 0 Å². The van der Waals surface area contributed by atoms with E-state index in [0.29, 0.717) is 0 Å². The summed E-state index contributed by atoms with van der Waals surface area (Å²) in [6, 6.07) is 24.4. The molecule has 50 heavy (non-hydrogen) atoms. The quantitative estimate of drug-likeness (QED) is 0.0956. The predicted octanol–water partition coefficient (Wildman–Crippen LogP) is 9.47. The number of nitrogens with one attached hydrogen (secondary N) is 1. The second-order valence-corrected chi connectivity index (χ2v) is 15.8. The van der Waals surface area contributed by atoms with E-state index < -0.39 is 16.3 Å². The molecule has 1 heterocycles. The van der Waals surface area contributed by atoms with Crippen molar-refractivity contribution in [2.24, 2.45) is 5.92 Å². The molecule has 276 valence electrons. The van der Waals surface area contributed by atoms with Crippen LogP contribution >= 0.6 is 0 Å². The molecule has 0 unspecified atom stereocenters. The molecule has 8 heteroatoms. The third-order valence-electron chi connectivity index (χ3n) is 9.99. The van der Waals surface area contributed by atoms with Gasteiger partial charge in [-0.15, -0.1) is 0 Å². The van der Waals surface area contributed by atoms with Gasteiger partial charge in [0.25, 0.3) is 0 Å². The maximum Gasteiger partial charge on any atom is 0.240 e. The van der Waals surface area contributed by atoms with Gasteiger partial charge in [-0.05, 0) is 54.8 Å². The summed E-state index contributed by atoms with van der Waals surface area (Å²) < 4.78 is 41.8. The van der Waals surface area contributed by atoms with Gasteiger partial charge < -0.3 is 19.5 Å². The van der Waals surface area contributed by atoms with Crippen LogP contribution in [0.1, 0.15) is 132 Å². The number of ether oxygens (including phenoxy) is 2. The Morgan fingerprint density at radius 1 is 0.680 bits per heavy atom. The monoisotopic (exact) mass is 706 g/mol. The van der Waals surface area contributed by atoms with Crippen LogP contribution in [0.2, 0.25) is 0 Å². The Morgan fingerprint density at radius 2 is 1.22 bits per heavy atom. The van der Waals surface area contributed by atoms with Crippen LogP contribution in [0.5, 0.6) is 0 Å². The summed E-state index contributed by atoms with van der Waals surface area (Å²) in [6.45, 7) is 10.0. The average molecular weight is 707 g/mol. The van der Waals surface area contributed by atoms with Crippen LogP contribution in [-0.2, 0) is 32.6 Å². The van der Waals surface area contributed by atoms with Gasteiger partial charge in [-0.3, -0.25) is 0 Å². The number of benzene rings is 3. The van der Waals surface area contributed by atoms with E-state index in [4.69, 9.17) is 9.47 Å². The van der Waals surface area contributed by atoms with E-state index in [1.165, 1.54) is 77.0 Å². The van der Waals surface area contributed by atoms with Crippen LogP contribution in [0.3, 0.4) is 0 Å². The molecular formula is C42H62N2O5S. The minimum Gasteiger partial charge on any atom is -0.392 e. The van der Waals surface area contributed by atoms with Crippen LogP contribution in [-0.4, -0.2) is 44.2 Å². The van der Waals surface area contributed by atoms with Gasteiger partial charge in [0.1, 0.15) is 0 Å². The van der Waals surface area contributed by atoms with Crippen molar-refractivity contribution in [2.45, 2.75) is 134 Å². The fraction of sp³-hybridized carbons (Fsp3) is 0.571. The Kier molecular flexibility index (Phi) is 17.4. The first-order valence-corrected chi connectivity index (χ1v) is 20.7. The van der Waals surface area contributed by atoms with E-state index in [9.17, 15) is 13.5 Å². The predicted molar refractivity (Wildman–Crippen MR) is 203 cm³/mol. The first-order chi connectivity index (χ1) is 24.3. The number of unbranched alkanes of at least 4 members (excludes halogenated alkanes) is 10. The maximum atomic E-state index is 12.8. The average Bonchev–Trinajstić information content (AvgIpc) is 3.15. The summed E-state index contributed by atoms with van der Waals surface area (Å²) in [5.41, 5.74) is 3.73. The first-order valence-electron chi connectivity index (χ1n) is 19.2. The molecule has 4 rings (SSSR count). The molecule has 4 atom stereocenters. The molecule has 0 spiro atoms. The fourth-order valence-corrected chi connectivity index (χ4v) is 7.80. The number of rotatable bonds is 23. The lowest BCUT2D eigenvalue weighted by Crippen LogP contribution is -2.45. The van der Waals surface area contributed by atoms with E-state index in [-0.39, 0.29) is 36.2 Å². The smallest absolute Gasteiger partial charge is 0.240 e. The zero-order chi connectivity index (χ0) is 35.6. The summed E-state index contributed by atoms with van der Waals surface area (Å²) in [7, 11) is -3.60. The van der Waals surface area contributed by atoms with Gasteiger partial charge in [0, 0.05) is 24.6 Å². The number of nitrogens with zero attached hydrogens (tertiary/aromatic N) is 1. The number of hydrogen-bond donors (Lipinski definition) is 2. The minimum atomic E-state index is -3.60. The second kappa shape index (κ2) is 21.7. The summed E-state index contributed by atoms with van der Waals surface area (Å²) in [6.07, 6.45) is 14.6. The molecule has 0 bridgehead atoms. The van der Waals surface area contributed by atoms with Crippen LogP contribution < -0.4 is 4.72 Å². The number of sulfonamides is 1. The summed E-state index contributed by atoms with van der Waals surface area (Å²) in [4.78, 5) is 2.89. The topological polar surface area (TPSA) is 88.1 Å². The Bertz CT molecular complexity index is 1430. The van der Waals surface area contributed by atoms with E-state index >= 15 is 0 Å². The molecule has 2 N–H and O–H groups in total. The van der Waals surface area contributed by atoms with Crippen molar-refractivity contribution < 1.29 is 23.0 Å². The number of aliphatic hydroxyl groups is 1. The second-order valence-electron chi connectivity index (χ2n) is 14.0. The van der Waals surface area contributed by atoms with E-state index in [2.05, 4.69) is 42.5 Å². The molecule has 0 aromatic heterocycles. The molecular weight excluding hydrogens is 645 g/mol. The SMILES string of the molecule is CCCCCCCCN(CCCCCCCC)C[C@H]1O[C@@H](c2ccc(CNS(=O)(=O)c3ccccc3)cc2)O[C@@H](c2ccc(CO)cc2)[C@H]1C. The van der Waals surface area contributed by atoms with Gasteiger partial charge in [-0.2, -0.15) is 0 Å². The van der Waals surface area contributed by atoms with Crippen molar-refractivity contribution >= 4 is 10.0 Å². The fourth-order valence-electron chi connectivity index (χ4n) is 6.76. The summed E-state index contributed by atoms with van der Waals surface area (Å²) >= 11 is 0. The molecule has 3 aromatic rings. The summed E-state index contributed by atoms with van der Waals surface area (Å²) in [5, 5.41) is 9.65. The van der Waals surface area contributed by atoms with Crippen molar-refractivity contribution in [3.05, 3.63) is 101 Å². The normalized spacial score (nSPS) is 19.6. The van der Waals surface area contributed by atoms with E-state index in [1.54, 1.807) is 30.3 Å². The van der Waals surface area contributed by atoms with Crippen LogP contribution in [0.25, 0.3) is 0 Å². The van der Waals surface area contributed by atoms with Crippen molar-refractivity contribution in [3.63, 3.8) is 0 Å². The van der Waals surface area contributed by atoms with E-state index in [1.807, 2.05) is 36.4 Å². The van der Waals surface area contributed by atoms with Gasteiger partial charge in [0.15, 0.2) is 6.29 Å². The largest absolute Gasteiger partial charge is 0.392 e. The third-order valence-corrected chi connectivity index (χ3v) is 11.4. The van der Waals surface area contributed by atoms with Crippen molar-refractivity contribution in [1.82, 2.24) is 9.62 Å². The van der Waals surface area contributed by atoms with Gasteiger partial charge in [0.2, 0.25) is 10.0 Å². The lowest BCUT2D eigenvalue weighted by atomic mass is 9.90. The van der Waals surface area contributed by atoms with E-state index in [0.717, 1.165) is 41.9 Å². The minimum absolute atomic E-state index is 0.00935. The Morgan fingerprint density at radius 3 is 1.80 bits per heavy atom. The Balaban J connectivity index is 1.48. The molecule has 7 nitrogen and oxygen atoms in total. The van der Waals surface area contributed by atoms with Crippen LogP contribution in [0, 0.1) is 5.92 Å². The lowest BCUT2D eigenvalue weighted by molar-refractivity contribution is -0.276. The molecule has 0 aliphatic carbocycles. The first kappa shape index (κ1) is 40.2.